The fourth-order valence-corrected chi connectivity index (χ4v) is 3.98. The minimum Gasteiger partial charge on any atom is -0.303 e. The van der Waals surface area contributed by atoms with Crippen LogP contribution < -0.4 is 10.9 Å². The number of aryl methyl sites for hydroxylation is 1. The Labute approximate surface area is 147 Å². The number of hydrogen-bond acceptors (Lipinski definition) is 5. The molecule has 2 saturated heterocycles. The Kier molecular flexibility index (Phi) is 4.78. The number of hydrogen-bond donors (Lipinski definition) is 3. The Bertz CT molecular complexity index is 692. The summed E-state index contributed by atoms with van der Waals surface area (Å²) in [4.78, 5) is 7.02. The van der Waals surface area contributed by atoms with E-state index in [4.69, 9.17) is 0 Å². The molecule has 1 aromatic carbocycles. The van der Waals surface area contributed by atoms with Gasteiger partial charge in [0.05, 0.1) is 6.04 Å². The van der Waals surface area contributed by atoms with E-state index >= 15 is 0 Å². The molecule has 0 bridgehead atoms. The average Bonchev–Trinajstić information content (AvgIpc) is 3.26. The van der Waals surface area contributed by atoms with Crippen molar-refractivity contribution < 1.29 is 4.39 Å². The highest BCUT2D eigenvalue weighted by atomic mass is 19.1. The summed E-state index contributed by atoms with van der Waals surface area (Å²) in [6.45, 7) is 6.07. The minimum atomic E-state index is -0.185. The number of benzene rings is 1. The third-order valence-electron chi connectivity index (χ3n) is 5.38. The van der Waals surface area contributed by atoms with Gasteiger partial charge < -0.3 is 4.90 Å². The van der Waals surface area contributed by atoms with Crippen molar-refractivity contribution in [1.29, 1.82) is 0 Å². The van der Waals surface area contributed by atoms with E-state index in [-0.39, 0.29) is 11.9 Å². The van der Waals surface area contributed by atoms with E-state index in [2.05, 4.69) is 30.9 Å². The smallest absolute Gasteiger partial charge is 0.153 e. The van der Waals surface area contributed by atoms with Crippen LogP contribution in [0.4, 0.5) is 4.39 Å². The first-order valence-electron chi connectivity index (χ1n) is 9.04. The predicted octanol–water partition coefficient (Wildman–Crippen LogP) is 1.90. The van der Waals surface area contributed by atoms with Gasteiger partial charge in [-0.25, -0.2) is 14.8 Å². The highest BCUT2D eigenvalue weighted by Crippen LogP contribution is 2.29. The van der Waals surface area contributed by atoms with E-state index in [0.717, 1.165) is 56.2 Å². The normalized spacial score (nSPS) is 25.5. The molecule has 0 amide bonds. The molecule has 0 saturated carbocycles. The number of halogens is 1. The van der Waals surface area contributed by atoms with Gasteiger partial charge in [0.1, 0.15) is 11.6 Å². The van der Waals surface area contributed by atoms with Crippen LogP contribution in [0.3, 0.4) is 0 Å². The van der Waals surface area contributed by atoms with Gasteiger partial charge in [0.25, 0.3) is 0 Å². The van der Waals surface area contributed by atoms with Crippen molar-refractivity contribution in [3.8, 4) is 0 Å². The maximum atomic E-state index is 13.2. The zero-order valence-electron chi connectivity index (χ0n) is 14.5. The van der Waals surface area contributed by atoms with Crippen molar-refractivity contribution in [2.75, 3.05) is 26.2 Å². The van der Waals surface area contributed by atoms with E-state index in [9.17, 15) is 4.39 Å². The molecule has 2 aliphatic heterocycles. The number of aromatic amines is 1. The second kappa shape index (κ2) is 7.19. The molecule has 1 aromatic heterocycles. The molecule has 2 unspecified atom stereocenters. The number of rotatable bonds is 4. The number of aromatic nitrogens is 3. The lowest BCUT2D eigenvalue weighted by molar-refractivity contribution is 0.178. The molecule has 134 valence electrons. The van der Waals surface area contributed by atoms with E-state index in [0.29, 0.717) is 11.8 Å². The number of piperidine rings is 1. The molecular formula is C18H25FN6. The van der Waals surface area contributed by atoms with Gasteiger partial charge in [-0.3, -0.25) is 10.5 Å². The number of nitrogens with one attached hydrogen (secondary N) is 3. The van der Waals surface area contributed by atoms with Gasteiger partial charge in [0.15, 0.2) is 5.82 Å². The summed E-state index contributed by atoms with van der Waals surface area (Å²) in [5.74, 6) is 2.62. The molecule has 4 rings (SSSR count). The minimum absolute atomic E-state index is 0.185. The van der Waals surface area contributed by atoms with Crippen LogP contribution >= 0.6 is 0 Å². The average molecular weight is 344 g/mol. The fourth-order valence-electron chi connectivity index (χ4n) is 3.98. The van der Waals surface area contributed by atoms with Gasteiger partial charge in [0, 0.05) is 24.9 Å². The first kappa shape index (κ1) is 16.6. The van der Waals surface area contributed by atoms with Crippen LogP contribution in [0.1, 0.15) is 42.0 Å². The highest BCUT2D eigenvalue weighted by molar-refractivity contribution is 5.21. The quantitative estimate of drug-likeness (QED) is 0.790. The molecule has 6 nitrogen and oxygen atoms in total. The molecule has 0 aliphatic carbocycles. The Balaban J connectivity index is 1.34. The van der Waals surface area contributed by atoms with Gasteiger partial charge >= 0.3 is 0 Å². The third kappa shape index (κ3) is 3.73. The topological polar surface area (TPSA) is 68.9 Å². The van der Waals surface area contributed by atoms with Gasteiger partial charge in [-0.1, -0.05) is 12.1 Å². The first-order valence-corrected chi connectivity index (χ1v) is 9.04. The Morgan fingerprint density at radius 3 is 2.64 bits per heavy atom. The highest BCUT2D eigenvalue weighted by Gasteiger charge is 2.31. The van der Waals surface area contributed by atoms with Crippen LogP contribution in [0.5, 0.6) is 0 Å². The molecule has 2 atom stereocenters. The summed E-state index contributed by atoms with van der Waals surface area (Å²) in [5.41, 5.74) is 7.76. The van der Waals surface area contributed by atoms with Gasteiger partial charge in [0.2, 0.25) is 0 Å². The molecule has 2 fully saturated rings. The maximum absolute atomic E-state index is 13.2. The summed E-state index contributed by atoms with van der Waals surface area (Å²) >= 11 is 0. The molecule has 0 spiro atoms. The SMILES string of the molecule is Cc1nc(C2CCN(CC3CNNC3c3ccc(F)cc3)CC2)n[nH]1. The number of hydrazine groups is 1. The summed E-state index contributed by atoms with van der Waals surface area (Å²) in [6.07, 6.45) is 2.21. The van der Waals surface area contributed by atoms with Crippen molar-refractivity contribution in [1.82, 2.24) is 30.9 Å². The number of likely N-dealkylation sites (tertiary alicyclic amines) is 1. The van der Waals surface area contributed by atoms with E-state index < -0.39 is 0 Å². The summed E-state index contributed by atoms with van der Waals surface area (Å²) < 4.78 is 13.2. The lowest BCUT2D eigenvalue weighted by Gasteiger charge is -2.33. The third-order valence-corrected chi connectivity index (χ3v) is 5.38. The molecular weight excluding hydrogens is 319 g/mol. The zero-order valence-corrected chi connectivity index (χ0v) is 14.5. The van der Waals surface area contributed by atoms with Crippen LogP contribution in [0.25, 0.3) is 0 Å². The summed E-state index contributed by atoms with van der Waals surface area (Å²) in [5, 5.41) is 7.27. The second-order valence-electron chi connectivity index (χ2n) is 7.17. The van der Waals surface area contributed by atoms with Crippen molar-refractivity contribution in [2.45, 2.75) is 31.7 Å². The van der Waals surface area contributed by atoms with Gasteiger partial charge in [-0.15, -0.1) is 0 Å². The van der Waals surface area contributed by atoms with Crippen molar-refractivity contribution in [3.05, 3.63) is 47.3 Å². The van der Waals surface area contributed by atoms with Crippen LogP contribution in [-0.4, -0.2) is 46.3 Å². The molecule has 0 radical (unpaired) electrons. The molecule has 3 N–H and O–H groups in total. The molecule has 25 heavy (non-hydrogen) atoms. The maximum Gasteiger partial charge on any atom is 0.153 e. The van der Waals surface area contributed by atoms with E-state index in [1.807, 2.05) is 19.1 Å². The lowest BCUT2D eigenvalue weighted by Crippen LogP contribution is -2.38. The predicted molar refractivity (Wildman–Crippen MR) is 93.3 cm³/mol. The standard InChI is InChI=1S/C18H25FN6/c1-12-21-18(24-22-12)14-6-8-25(9-7-14)11-15-10-20-23-17(15)13-2-4-16(19)5-3-13/h2-5,14-15,17,20,23H,6-11H2,1H3,(H,21,22,24). The van der Waals surface area contributed by atoms with Crippen molar-refractivity contribution >= 4 is 0 Å². The Morgan fingerprint density at radius 2 is 1.96 bits per heavy atom. The molecule has 2 aromatic rings. The van der Waals surface area contributed by atoms with Crippen LogP contribution in [0.2, 0.25) is 0 Å². The largest absolute Gasteiger partial charge is 0.303 e. The van der Waals surface area contributed by atoms with Crippen LogP contribution in [-0.2, 0) is 0 Å². The Morgan fingerprint density at radius 1 is 1.20 bits per heavy atom. The molecule has 2 aliphatic rings. The van der Waals surface area contributed by atoms with Crippen LogP contribution in [0, 0.1) is 18.7 Å². The first-order chi connectivity index (χ1) is 12.2. The number of nitrogens with zero attached hydrogens (tertiary/aromatic N) is 3. The number of H-pyrrole nitrogens is 1. The molecule has 7 heteroatoms. The monoisotopic (exact) mass is 344 g/mol. The summed E-state index contributed by atoms with van der Waals surface area (Å²) in [7, 11) is 0. The second-order valence-corrected chi connectivity index (χ2v) is 7.17. The summed E-state index contributed by atoms with van der Waals surface area (Å²) in [6, 6.07) is 7.07. The van der Waals surface area contributed by atoms with Crippen molar-refractivity contribution in [2.24, 2.45) is 5.92 Å². The van der Waals surface area contributed by atoms with E-state index in [1.165, 1.54) is 12.1 Å². The van der Waals surface area contributed by atoms with Crippen LogP contribution in [0.15, 0.2) is 24.3 Å². The molecule has 3 heterocycles. The lowest BCUT2D eigenvalue weighted by atomic mass is 9.92. The van der Waals surface area contributed by atoms with Crippen molar-refractivity contribution in [3.63, 3.8) is 0 Å². The Hall–Kier alpha value is -1.83. The fraction of sp³-hybridized carbons (Fsp3) is 0.556. The van der Waals surface area contributed by atoms with Gasteiger partial charge in [-0.2, -0.15) is 5.10 Å². The van der Waals surface area contributed by atoms with E-state index in [1.54, 1.807) is 0 Å². The van der Waals surface area contributed by atoms with Gasteiger partial charge in [-0.05, 0) is 50.6 Å². The zero-order chi connectivity index (χ0) is 17.2.